The number of aromatic nitrogens is 2. The van der Waals surface area contributed by atoms with E-state index in [2.05, 4.69) is 29.5 Å². The van der Waals surface area contributed by atoms with Gasteiger partial charge in [-0.05, 0) is 31.5 Å². The molecule has 0 radical (unpaired) electrons. The van der Waals surface area contributed by atoms with Gasteiger partial charge in [-0.3, -0.25) is 4.79 Å². The molecule has 1 atom stereocenters. The summed E-state index contributed by atoms with van der Waals surface area (Å²) in [6.07, 6.45) is 2.75. The van der Waals surface area contributed by atoms with Crippen LogP contribution in [0.4, 0.5) is 0 Å². The number of benzene rings is 2. The molecule has 0 amide bonds. The number of hydrogen-bond donors (Lipinski definition) is 0. The van der Waals surface area contributed by atoms with Crippen molar-refractivity contribution in [2.45, 2.75) is 30.7 Å². The third kappa shape index (κ3) is 3.36. The first-order valence-electron chi connectivity index (χ1n) is 9.47. The van der Waals surface area contributed by atoms with Crippen molar-refractivity contribution >= 4 is 28.4 Å². The van der Waals surface area contributed by atoms with Crippen LogP contribution in [0.25, 0.3) is 10.9 Å². The lowest BCUT2D eigenvalue weighted by Crippen LogP contribution is -2.09. The Hall–Kier alpha value is -2.85. The standard InChI is InChI=1S/C24H22N2OS/c1-3-22(28-21-15-9-10-16-25-21)26-17(2)23(19-13-7-8-14-20(19)26)24(27)18-11-5-4-6-12-18/h4-16,22H,3H2,1-2H3. The van der Waals surface area contributed by atoms with Crippen LogP contribution >= 0.6 is 11.8 Å². The molecule has 0 spiro atoms. The van der Waals surface area contributed by atoms with Gasteiger partial charge in [0.25, 0.3) is 0 Å². The summed E-state index contributed by atoms with van der Waals surface area (Å²) in [4.78, 5) is 17.8. The number of ketones is 1. The minimum Gasteiger partial charge on any atom is -0.331 e. The lowest BCUT2D eigenvalue weighted by molar-refractivity contribution is 0.103. The number of para-hydroxylation sites is 1. The van der Waals surface area contributed by atoms with E-state index in [1.54, 1.807) is 11.8 Å². The van der Waals surface area contributed by atoms with Crippen LogP contribution in [0.5, 0.6) is 0 Å². The summed E-state index contributed by atoms with van der Waals surface area (Å²) in [6, 6.07) is 23.7. The second-order valence-electron chi connectivity index (χ2n) is 6.69. The fraction of sp³-hybridized carbons (Fsp3) is 0.167. The number of thioether (sulfide) groups is 1. The fourth-order valence-electron chi connectivity index (χ4n) is 3.66. The second-order valence-corrected chi connectivity index (χ2v) is 7.89. The van der Waals surface area contributed by atoms with Crippen LogP contribution in [0.3, 0.4) is 0 Å². The minimum absolute atomic E-state index is 0.0748. The van der Waals surface area contributed by atoms with E-state index < -0.39 is 0 Å². The third-order valence-corrected chi connectivity index (χ3v) is 6.25. The molecule has 2 heterocycles. The molecule has 0 fully saturated rings. The van der Waals surface area contributed by atoms with Gasteiger partial charge in [0.05, 0.1) is 16.0 Å². The number of carbonyl (C=O) groups is 1. The van der Waals surface area contributed by atoms with Crippen LogP contribution in [0, 0.1) is 6.92 Å². The lowest BCUT2D eigenvalue weighted by Gasteiger charge is -2.20. The van der Waals surface area contributed by atoms with Crippen LogP contribution in [0.15, 0.2) is 84.0 Å². The summed E-state index contributed by atoms with van der Waals surface area (Å²) in [5.41, 5.74) is 3.61. The number of hydrogen-bond acceptors (Lipinski definition) is 3. The Morgan fingerprint density at radius 2 is 1.71 bits per heavy atom. The van der Waals surface area contributed by atoms with E-state index in [9.17, 15) is 4.79 Å². The summed E-state index contributed by atoms with van der Waals surface area (Å²) in [6.45, 7) is 4.23. The Labute approximate surface area is 169 Å². The SMILES string of the molecule is CCC(Sc1ccccn1)n1c(C)c(C(=O)c2ccccc2)c2ccccc21. The topological polar surface area (TPSA) is 34.9 Å². The van der Waals surface area contributed by atoms with Crippen molar-refractivity contribution < 1.29 is 4.79 Å². The fourth-order valence-corrected chi connectivity index (χ4v) is 4.76. The van der Waals surface area contributed by atoms with Gasteiger partial charge < -0.3 is 4.57 Å². The van der Waals surface area contributed by atoms with Crippen molar-refractivity contribution in [1.82, 2.24) is 9.55 Å². The summed E-state index contributed by atoms with van der Waals surface area (Å²) >= 11 is 1.73. The molecule has 4 aromatic rings. The second kappa shape index (κ2) is 8.03. The molecule has 0 aliphatic heterocycles. The predicted octanol–water partition coefficient (Wildman–Crippen LogP) is 6.28. The number of fused-ring (bicyclic) bond motifs is 1. The first-order chi connectivity index (χ1) is 13.7. The maximum absolute atomic E-state index is 13.3. The van der Waals surface area contributed by atoms with Gasteiger partial charge in [-0.25, -0.2) is 4.98 Å². The van der Waals surface area contributed by atoms with E-state index in [0.717, 1.165) is 39.2 Å². The highest BCUT2D eigenvalue weighted by Gasteiger charge is 2.24. The van der Waals surface area contributed by atoms with Gasteiger partial charge in [0.1, 0.15) is 0 Å². The summed E-state index contributed by atoms with van der Waals surface area (Å²) in [5, 5.41) is 2.16. The van der Waals surface area contributed by atoms with Crippen molar-refractivity contribution in [3.63, 3.8) is 0 Å². The molecule has 0 bridgehead atoms. The van der Waals surface area contributed by atoms with E-state index in [0.29, 0.717) is 0 Å². The minimum atomic E-state index is 0.0748. The van der Waals surface area contributed by atoms with Crippen LogP contribution in [0.1, 0.15) is 40.3 Å². The molecule has 2 aromatic heterocycles. The quantitative estimate of drug-likeness (QED) is 0.289. The normalized spacial score (nSPS) is 12.2. The van der Waals surface area contributed by atoms with Crippen molar-refractivity contribution in [3.05, 3.63) is 95.8 Å². The number of nitrogens with zero attached hydrogens (tertiary/aromatic N) is 2. The summed E-state index contributed by atoms with van der Waals surface area (Å²) < 4.78 is 2.30. The lowest BCUT2D eigenvalue weighted by atomic mass is 10.0. The van der Waals surface area contributed by atoms with Crippen LogP contribution in [-0.2, 0) is 0 Å². The highest BCUT2D eigenvalue weighted by molar-refractivity contribution is 7.99. The molecule has 4 rings (SSSR count). The molecular formula is C24H22N2OS. The Morgan fingerprint density at radius 3 is 2.43 bits per heavy atom. The molecule has 1 unspecified atom stereocenters. The molecule has 0 aliphatic carbocycles. The zero-order valence-corrected chi connectivity index (χ0v) is 16.8. The van der Waals surface area contributed by atoms with Gasteiger partial charge in [-0.1, -0.05) is 73.3 Å². The van der Waals surface area contributed by atoms with Crippen molar-refractivity contribution in [2.24, 2.45) is 0 Å². The molecule has 140 valence electrons. The van der Waals surface area contributed by atoms with Crippen molar-refractivity contribution in [1.29, 1.82) is 0 Å². The van der Waals surface area contributed by atoms with E-state index in [-0.39, 0.29) is 11.2 Å². The van der Waals surface area contributed by atoms with E-state index in [4.69, 9.17) is 0 Å². The van der Waals surface area contributed by atoms with E-state index in [1.165, 1.54) is 0 Å². The number of pyridine rings is 1. The third-order valence-electron chi connectivity index (χ3n) is 4.95. The molecule has 0 N–H and O–H groups in total. The first kappa shape index (κ1) is 18.5. The molecule has 3 nitrogen and oxygen atoms in total. The zero-order chi connectivity index (χ0) is 19.5. The maximum Gasteiger partial charge on any atom is 0.195 e. The van der Waals surface area contributed by atoms with E-state index in [1.807, 2.05) is 72.9 Å². The van der Waals surface area contributed by atoms with Gasteiger partial charge in [0, 0.05) is 28.4 Å². The Balaban J connectivity index is 1.85. The maximum atomic E-state index is 13.3. The van der Waals surface area contributed by atoms with Gasteiger partial charge in [-0.2, -0.15) is 0 Å². The molecule has 0 saturated carbocycles. The summed E-state index contributed by atoms with van der Waals surface area (Å²) in [7, 11) is 0. The van der Waals surface area contributed by atoms with Crippen LogP contribution in [0.2, 0.25) is 0 Å². The van der Waals surface area contributed by atoms with Gasteiger partial charge in [0.2, 0.25) is 0 Å². The number of carbonyl (C=O) groups excluding carboxylic acids is 1. The average molecular weight is 387 g/mol. The average Bonchev–Trinajstić information content (AvgIpc) is 3.04. The van der Waals surface area contributed by atoms with Crippen molar-refractivity contribution in [3.8, 4) is 0 Å². The van der Waals surface area contributed by atoms with Gasteiger partial charge >= 0.3 is 0 Å². The Bertz CT molecular complexity index is 1100. The Morgan fingerprint density at radius 1 is 1.00 bits per heavy atom. The largest absolute Gasteiger partial charge is 0.331 e. The molecule has 2 aromatic carbocycles. The summed E-state index contributed by atoms with van der Waals surface area (Å²) in [5.74, 6) is 0.0748. The molecular weight excluding hydrogens is 364 g/mol. The molecule has 0 aliphatic rings. The zero-order valence-electron chi connectivity index (χ0n) is 16.0. The monoisotopic (exact) mass is 386 g/mol. The van der Waals surface area contributed by atoms with E-state index >= 15 is 0 Å². The van der Waals surface area contributed by atoms with Gasteiger partial charge in [-0.15, -0.1) is 0 Å². The smallest absolute Gasteiger partial charge is 0.195 e. The molecule has 4 heteroatoms. The Kier molecular flexibility index (Phi) is 5.31. The number of rotatable bonds is 6. The van der Waals surface area contributed by atoms with Crippen LogP contribution < -0.4 is 0 Å². The predicted molar refractivity (Wildman–Crippen MR) is 116 cm³/mol. The first-order valence-corrected chi connectivity index (χ1v) is 10.4. The van der Waals surface area contributed by atoms with Crippen LogP contribution in [-0.4, -0.2) is 15.3 Å². The molecule has 28 heavy (non-hydrogen) atoms. The highest BCUT2D eigenvalue weighted by Crippen LogP contribution is 2.39. The molecule has 0 saturated heterocycles. The highest BCUT2D eigenvalue weighted by atomic mass is 32.2. The van der Waals surface area contributed by atoms with Gasteiger partial charge in [0.15, 0.2) is 5.78 Å². The van der Waals surface area contributed by atoms with Crippen molar-refractivity contribution in [2.75, 3.05) is 0 Å².